The van der Waals surface area contributed by atoms with Crippen LogP contribution in [0.1, 0.15) is 59.8 Å². The zero-order chi connectivity index (χ0) is 31.4. The van der Waals surface area contributed by atoms with Crippen molar-refractivity contribution in [3.8, 4) is 0 Å². The maximum atomic E-state index is 14.0. The maximum absolute atomic E-state index is 14.0. The lowest BCUT2D eigenvalue weighted by Gasteiger charge is -2.53. The van der Waals surface area contributed by atoms with E-state index in [9.17, 15) is 24.0 Å². The number of hydrogen-bond acceptors (Lipinski definition) is 8. The molecule has 0 bridgehead atoms. The molecule has 0 spiro atoms. The summed E-state index contributed by atoms with van der Waals surface area (Å²) >= 11 is 1.53. The number of imide groups is 1. The number of β-lactam (4-membered cyclic amide) rings is 1. The van der Waals surface area contributed by atoms with E-state index in [2.05, 4.69) is 52.8 Å². The Morgan fingerprint density at radius 2 is 1.86 bits per heavy atom. The number of ether oxygens (including phenoxy) is 1. The Morgan fingerprint density at radius 3 is 2.48 bits per heavy atom. The highest BCUT2D eigenvalue weighted by Crippen LogP contribution is 2.45. The first-order chi connectivity index (χ1) is 19.7. The third kappa shape index (κ3) is 7.18. The summed E-state index contributed by atoms with van der Waals surface area (Å²) < 4.78 is 11.8. The van der Waals surface area contributed by atoms with Crippen molar-refractivity contribution in [1.82, 2.24) is 9.80 Å². The summed E-state index contributed by atoms with van der Waals surface area (Å²) in [5.41, 5.74) is 2.31. The van der Waals surface area contributed by atoms with E-state index in [4.69, 9.17) is 9.16 Å². The molecule has 0 aromatic carbocycles. The van der Waals surface area contributed by atoms with Crippen molar-refractivity contribution in [2.24, 2.45) is 11.8 Å². The fraction of sp³-hybridized carbons (Fsp3) is 0.677. The van der Waals surface area contributed by atoms with E-state index in [1.165, 1.54) is 17.8 Å². The summed E-state index contributed by atoms with van der Waals surface area (Å²) in [5.74, 6) is -3.05. The Morgan fingerprint density at radius 1 is 1.17 bits per heavy atom. The van der Waals surface area contributed by atoms with Crippen molar-refractivity contribution >= 4 is 49.6 Å². The molecule has 2 saturated heterocycles. The van der Waals surface area contributed by atoms with Gasteiger partial charge in [-0.05, 0) is 50.7 Å². The summed E-state index contributed by atoms with van der Waals surface area (Å²) in [7, 11) is -2.27. The summed E-state index contributed by atoms with van der Waals surface area (Å²) in [6, 6.07) is -0.780. The first kappa shape index (κ1) is 34.0. The van der Waals surface area contributed by atoms with Crippen LogP contribution in [0, 0.1) is 11.8 Å². The number of hydrogen-bond donors (Lipinski definition) is 0. The van der Waals surface area contributed by atoms with Gasteiger partial charge in [0.15, 0.2) is 14.1 Å². The number of carbonyl (C=O) groups excluding carboxylic acids is 5. The average molecular weight is 619 g/mol. The summed E-state index contributed by atoms with van der Waals surface area (Å²) in [5, 5.41) is -0.428. The maximum Gasteiger partial charge on any atom is 0.410 e. The fourth-order valence-corrected chi connectivity index (χ4v) is 8.81. The molecule has 1 aliphatic carbocycles. The van der Waals surface area contributed by atoms with Crippen LogP contribution in [-0.2, 0) is 28.3 Å². The predicted octanol–water partition coefficient (Wildman–Crippen LogP) is 4.92. The van der Waals surface area contributed by atoms with Crippen molar-refractivity contribution in [3.05, 3.63) is 31.0 Å². The molecule has 1 saturated carbocycles. The number of thioether (sulfide) groups is 1. The third-order valence-electron chi connectivity index (χ3n) is 9.15. The van der Waals surface area contributed by atoms with Crippen LogP contribution in [0.3, 0.4) is 0 Å². The molecule has 6 atom stereocenters. The first-order valence-corrected chi connectivity index (χ1v) is 18.8. The normalized spacial score (nSPS) is 27.1. The van der Waals surface area contributed by atoms with Gasteiger partial charge in [-0.1, -0.05) is 46.4 Å². The van der Waals surface area contributed by atoms with Gasteiger partial charge in [0.2, 0.25) is 5.91 Å². The van der Waals surface area contributed by atoms with Crippen LogP contribution in [0.25, 0.3) is 0 Å². The van der Waals surface area contributed by atoms with Crippen molar-refractivity contribution in [2.45, 2.75) is 101 Å². The van der Waals surface area contributed by atoms with E-state index in [0.717, 1.165) is 30.2 Å². The minimum absolute atomic E-state index is 0.0171. The summed E-state index contributed by atoms with van der Waals surface area (Å²) in [6.45, 7) is 20.1. The van der Waals surface area contributed by atoms with Crippen LogP contribution in [0.2, 0.25) is 18.1 Å². The Kier molecular flexibility index (Phi) is 11.3. The SMILES string of the molecule is C=C=CC(=O)C(=O)N1C(=O)[C@H]([C@@H](C)O[Si](C)(C)C(C)(C)C)[C@H]1[C@H]1CCC[C@H](SC[C@@H]2CCCN2C(=O)OCC=C)C1=O. The highest BCUT2D eigenvalue weighted by Gasteiger charge is 2.60. The number of rotatable bonds is 11. The molecule has 0 unspecified atom stereocenters. The largest absolute Gasteiger partial charge is 0.445 e. The van der Waals surface area contributed by atoms with Gasteiger partial charge in [-0.25, -0.2) is 4.79 Å². The van der Waals surface area contributed by atoms with Crippen LogP contribution in [0.15, 0.2) is 31.0 Å². The number of likely N-dealkylation sites (tertiary alicyclic amines) is 2. The van der Waals surface area contributed by atoms with Crippen LogP contribution < -0.4 is 0 Å². The number of amides is 3. The molecular formula is C31H46N2O7SSi. The number of Topliss-reactive ketones (excluding diaryl/α,β-unsaturated/α-hetero) is 1. The van der Waals surface area contributed by atoms with Gasteiger partial charge >= 0.3 is 12.0 Å². The van der Waals surface area contributed by atoms with E-state index < -0.39 is 49.9 Å². The Balaban J connectivity index is 1.80. The second-order valence-corrected chi connectivity index (χ2v) is 18.9. The summed E-state index contributed by atoms with van der Waals surface area (Å²) in [4.78, 5) is 68.2. The second-order valence-electron chi connectivity index (χ2n) is 12.9. The fourth-order valence-electron chi connectivity index (χ4n) is 5.90. The number of nitrogens with zero attached hydrogens (tertiary/aromatic N) is 2. The van der Waals surface area contributed by atoms with Gasteiger partial charge in [-0.3, -0.25) is 24.1 Å². The average Bonchev–Trinajstić information content (AvgIpc) is 3.38. The Bertz CT molecular complexity index is 1140. The summed E-state index contributed by atoms with van der Waals surface area (Å²) in [6.07, 6.45) is 5.23. The molecule has 0 aromatic heterocycles. The molecule has 11 heteroatoms. The predicted molar refractivity (Wildman–Crippen MR) is 165 cm³/mol. The molecule has 3 amide bonds. The molecule has 2 heterocycles. The van der Waals surface area contributed by atoms with Gasteiger partial charge in [-0.15, -0.1) is 17.5 Å². The molecular weight excluding hydrogens is 573 g/mol. The second kappa shape index (κ2) is 13.9. The van der Waals surface area contributed by atoms with E-state index in [1.54, 1.807) is 4.90 Å². The van der Waals surface area contributed by atoms with Crippen molar-refractivity contribution in [2.75, 3.05) is 18.9 Å². The van der Waals surface area contributed by atoms with Crippen molar-refractivity contribution in [1.29, 1.82) is 0 Å². The van der Waals surface area contributed by atoms with Gasteiger partial charge in [0.25, 0.3) is 5.78 Å². The molecule has 9 nitrogen and oxygen atoms in total. The molecule has 3 rings (SSSR count). The first-order valence-electron chi connectivity index (χ1n) is 14.8. The van der Waals surface area contributed by atoms with Crippen LogP contribution >= 0.6 is 11.8 Å². The van der Waals surface area contributed by atoms with E-state index in [0.29, 0.717) is 25.1 Å². The molecule has 3 aliphatic rings. The monoisotopic (exact) mass is 618 g/mol. The zero-order valence-electron chi connectivity index (χ0n) is 25.9. The van der Waals surface area contributed by atoms with Gasteiger partial charge in [0.1, 0.15) is 6.61 Å². The molecule has 0 N–H and O–H groups in total. The number of carbonyl (C=O) groups is 5. The van der Waals surface area contributed by atoms with Gasteiger partial charge in [0.05, 0.1) is 23.3 Å². The third-order valence-corrected chi connectivity index (χ3v) is 15.2. The molecule has 0 aromatic rings. The standard InChI is InChI=1S/C31H46N2O7SSi/c1-9-13-23(34)28(36)33-26(25(29(33)37)20(3)40-42(7,8)31(4,5)6)22-15-11-16-24(27(22)35)41-19-21-14-12-17-32(21)30(38)39-18-10-2/h10,13,20-22,24-26H,1-2,11-12,14-19H2,3-8H3/t20-,21+,22-,24+,25-,26-/m1/s1. The van der Waals surface area contributed by atoms with Crippen molar-refractivity contribution < 1.29 is 33.1 Å². The molecule has 232 valence electrons. The van der Waals surface area contributed by atoms with Gasteiger partial charge in [-0.2, -0.15) is 0 Å². The molecule has 2 aliphatic heterocycles. The van der Waals surface area contributed by atoms with Crippen LogP contribution in [0.4, 0.5) is 4.79 Å². The smallest absolute Gasteiger partial charge is 0.410 e. The lowest BCUT2D eigenvalue weighted by molar-refractivity contribution is -0.178. The minimum Gasteiger partial charge on any atom is -0.445 e. The van der Waals surface area contributed by atoms with Crippen molar-refractivity contribution in [3.63, 3.8) is 0 Å². The van der Waals surface area contributed by atoms with Crippen LogP contribution in [-0.4, -0.2) is 89.9 Å². The molecule has 42 heavy (non-hydrogen) atoms. The highest BCUT2D eigenvalue weighted by atomic mass is 32.2. The molecule has 0 radical (unpaired) electrons. The number of ketones is 2. The lowest BCUT2D eigenvalue weighted by Crippen LogP contribution is -2.71. The Hall–Kier alpha value is -2.46. The quantitative estimate of drug-likeness (QED) is 0.0802. The van der Waals surface area contributed by atoms with Crippen LogP contribution in [0.5, 0.6) is 0 Å². The van der Waals surface area contributed by atoms with E-state index in [-0.39, 0.29) is 34.8 Å². The van der Waals surface area contributed by atoms with E-state index >= 15 is 0 Å². The zero-order valence-corrected chi connectivity index (χ0v) is 27.7. The molecule has 3 fully saturated rings. The van der Waals surface area contributed by atoms with Gasteiger partial charge < -0.3 is 14.1 Å². The highest BCUT2D eigenvalue weighted by molar-refractivity contribution is 8.00. The van der Waals surface area contributed by atoms with E-state index in [1.807, 2.05) is 6.92 Å². The minimum atomic E-state index is -2.27. The topological polar surface area (TPSA) is 110 Å². The Labute approximate surface area is 255 Å². The lowest BCUT2D eigenvalue weighted by atomic mass is 9.70. The van der Waals surface area contributed by atoms with Gasteiger partial charge in [0, 0.05) is 30.3 Å².